The van der Waals surface area contributed by atoms with E-state index < -0.39 is 31.5 Å². The maximum absolute atomic E-state index is 14.9. The Morgan fingerprint density at radius 3 is 2.22 bits per heavy atom. The van der Waals surface area contributed by atoms with Gasteiger partial charge in [-0.3, -0.25) is 9.11 Å². The van der Waals surface area contributed by atoms with Crippen molar-refractivity contribution >= 4 is 38.8 Å². The highest BCUT2D eigenvalue weighted by atomic mass is 35.5. The van der Waals surface area contributed by atoms with Crippen LogP contribution in [0.3, 0.4) is 0 Å². The van der Waals surface area contributed by atoms with Crippen LogP contribution < -0.4 is 5.73 Å². The van der Waals surface area contributed by atoms with Gasteiger partial charge in [0.15, 0.2) is 9.84 Å². The molecule has 0 amide bonds. The minimum absolute atomic E-state index is 0. The Kier molecular flexibility index (Phi) is 7.11. The number of hydrogen-bond acceptors (Lipinski definition) is 7. The summed E-state index contributed by atoms with van der Waals surface area (Å²) in [5.41, 5.74) is 7.04. The molecule has 1 saturated heterocycles. The second-order valence-electron chi connectivity index (χ2n) is 7.48. The second kappa shape index (κ2) is 9.32. The molecule has 0 spiro atoms. The lowest BCUT2D eigenvalue weighted by Gasteiger charge is -2.38. The molecule has 0 radical (unpaired) electrons. The third-order valence-corrected chi connectivity index (χ3v) is 9.53. The van der Waals surface area contributed by atoms with Gasteiger partial charge in [-0.15, -0.1) is 12.4 Å². The van der Waals surface area contributed by atoms with Crippen LogP contribution in [0.1, 0.15) is 12.8 Å². The van der Waals surface area contributed by atoms with E-state index in [0.29, 0.717) is 16.7 Å². The minimum Gasteiger partial charge on any atom is -0.368 e. The molecule has 4 rings (SSSR count). The van der Waals surface area contributed by atoms with E-state index in [4.69, 9.17) is 5.73 Å². The summed E-state index contributed by atoms with van der Waals surface area (Å²) in [4.78, 5) is 7.86. The monoisotopic (exact) mass is 499 g/mol. The standard InChI is InChI=1S/C21H22FN3O4S2.ClH/c22-19-11-14(5-6-17(19)15-12-24-21(23)25-13-15)18-3-1-2-4-20(18)31(28,29)16-7-9-30(26,27)10-8-16;/h1-6,11-13,16,26-27H,7-10H2,(H2,23,24,25);1H. The van der Waals surface area contributed by atoms with Crippen molar-refractivity contribution in [2.24, 2.45) is 0 Å². The highest BCUT2D eigenvalue weighted by molar-refractivity contribution is 8.24. The van der Waals surface area contributed by atoms with Crippen LogP contribution in [0.2, 0.25) is 0 Å². The van der Waals surface area contributed by atoms with Crippen molar-refractivity contribution in [1.29, 1.82) is 0 Å². The summed E-state index contributed by atoms with van der Waals surface area (Å²) < 4.78 is 61.2. The topological polar surface area (TPSA) is 126 Å². The summed E-state index contributed by atoms with van der Waals surface area (Å²) in [7, 11) is -6.43. The molecule has 7 nitrogen and oxygen atoms in total. The van der Waals surface area contributed by atoms with Gasteiger partial charge in [-0.25, -0.2) is 22.8 Å². The summed E-state index contributed by atoms with van der Waals surface area (Å²) in [5.74, 6) is -0.300. The van der Waals surface area contributed by atoms with E-state index in [1.807, 2.05) is 0 Å². The van der Waals surface area contributed by atoms with Crippen molar-refractivity contribution in [1.82, 2.24) is 9.97 Å². The van der Waals surface area contributed by atoms with Crippen LogP contribution in [0.15, 0.2) is 59.8 Å². The fourth-order valence-electron chi connectivity index (χ4n) is 3.72. The van der Waals surface area contributed by atoms with Crippen molar-refractivity contribution in [2.75, 3.05) is 17.2 Å². The normalized spacial score (nSPS) is 17.3. The molecule has 0 unspecified atom stereocenters. The van der Waals surface area contributed by atoms with E-state index in [9.17, 15) is 21.9 Å². The summed E-state index contributed by atoms with van der Waals surface area (Å²) in [6.45, 7) is 0. The zero-order chi connectivity index (χ0) is 22.2. The zero-order valence-corrected chi connectivity index (χ0v) is 19.3. The van der Waals surface area contributed by atoms with Gasteiger partial charge in [0.25, 0.3) is 0 Å². The van der Waals surface area contributed by atoms with E-state index in [0.717, 1.165) is 0 Å². The fourth-order valence-corrected chi connectivity index (χ4v) is 7.53. The van der Waals surface area contributed by atoms with Crippen molar-refractivity contribution in [3.8, 4) is 22.3 Å². The number of nitrogens with two attached hydrogens (primary N) is 1. The smallest absolute Gasteiger partial charge is 0.219 e. The van der Waals surface area contributed by atoms with Crippen LogP contribution in [0.4, 0.5) is 10.3 Å². The molecule has 0 aliphatic carbocycles. The van der Waals surface area contributed by atoms with Crippen molar-refractivity contribution < 1.29 is 21.9 Å². The number of anilines is 1. The average molecular weight is 500 g/mol. The van der Waals surface area contributed by atoms with E-state index in [2.05, 4.69) is 9.97 Å². The van der Waals surface area contributed by atoms with Gasteiger partial charge >= 0.3 is 0 Å². The van der Waals surface area contributed by atoms with Gasteiger partial charge in [-0.1, -0.05) is 30.3 Å². The molecule has 2 heterocycles. The molecular formula is C21H23ClFN3O4S2. The first-order valence-electron chi connectivity index (χ1n) is 9.62. The first-order chi connectivity index (χ1) is 14.7. The molecule has 0 bridgehead atoms. The number of nitrogens with zero attached hydrogens (tertiary/aromatic N) is 2. The molecule has 172 valence electrons. The quantitative estimate of drug-likeness (QED) is 0.477. The summed E-state index contributed by atoms with van der Waals surface area (Å²) in [5, 5.41) is -0.704. The molecule has 1 fully saturated rings. The number of sulfone groups is 1. The van der Waals surface area contributed by atoms with Gasteiger partial charge in [-0.2, -0.15) is 10.6 Å². The Labute approximate surface area is 193 Å². The highest BCUT2D eigenvalue weighted by Crippen LogP contribution is 2.46. The minimum atomic E-state index is -3.74. The van der Waals surface area contributed by atoms with Crippen LogP contribution in [0.5, 0.6) is 0 Å². The van der Waals surface area contributed by atoms with E-state index in [-0.39, 0.29) is 53.2 Å². The summed E-state index contributed by atoms with van der Waals surface area (Å²) >= 11 is 0. The molecular weight excluding hydrogens is 477 g/mol. The van der Waals surface area contributed by atoms with Crippen molar-refractivity contribution in [3.05, 3.63) is 60.7 Å². The first-order valence-corrected chi connectivity index (χ1v) is 13.0. The molecule has 1 aromatic heterocycles. The summed E-state index contributed by atoms with van der Waals surface area (Å²) in [6.07, 6.45) is 3.21. The maximum atomic E-state index is 14.9. The van der Waals surface area contributed by atoms with Crippen LogP contribution in [-0.4, -0.2) is 44.2 Å². The van der Waals surface area contributed by atoms with Crippen LogP contribution >= 0.6 is 23.0 Å². The Hall–Kier alpha value is -2.24. The molecule has 11 heteroatoms. The van der Waals surface area contributed by atoms with Gasteiger partial charge < -0.3 is 5.73 Å². The highest BCUT2D eigenvalue weighted by Gasteiger charge is 2.35. The molecule has 0 saturated carbocycles. The summed E-state index contributed by atoms with van der Waals surface area (Å²) in [6, 6.07) is 11.0. The van der Waals surface area contributed by atoms with Crippen LogP contribution in [-0.2, 0) is 9.84 Å². The molecule has 2 aromatic carbocycles. The number of halogens is 2. The van der Waals surface area contributed by atoms with Crippen molar-refractivity contribution in [2.45, 2.75) is 23.0 Å². The Morgan fingerprint density at radius 1 is 0.969 bits per heavy atom. The largest absolute Gasteiger partial charge is 0.368 e. The molecule has 1 aliphatic rings. The van der Waals surface area contributed by atoms with Crippen molar-refractivity contribution in [3.63, 3.8) is 0 Å². The number of hydrogen-bond donors (Lipinski definition) is 3. The van der Waals surface area contributed by atoms with Crippen LogP contribution in [0.25, 0.3) is 22.3 Å². The number of benzene rings is 2. The number of nitrogen functional groups attached to an aromatic ring is 1. The zero-order valence-electron chi connectivity index (χ0n) is 16.9. The van der Waals surface area contributed by atoms with E-state index in [1.165, 1.54) is 24.5 Å². The lowest BCUT2D eigenvalue weighted by Crippen LogP contribution is -2.31. The van der Waals surface area contributed by atoms with Gasteiger partial charge in [0.2, 0.25) is 5.95 Å². The van der Waals surface area contributed by atoms with Gasteiger partial charge in [0.1, 0.15) is 5.82 Å². The predicted octanol–water partition coefficient (Wildman–Crippen LogP) is 4.64. The third-order valence-electron chi connectivity index (χ3n) is 5.43. The maximum Gasteiger partial charge on any atom is 0.219 e. The van der Waals surface area contributed by atoms with Crippen LogP contribution in [0, 0.1) is 5.82 Å². The molecule has 4 N–H and O–H groups in total. The number of aromatic nitrogens is 2. The molecule has 3 aromatic rings. The Bertz CT molecular complexity index is 1210. The Balaban J connectivity index is 0.00000289. The van der Waals surface area contributed by atoms with Gasteiger partial charge in [0.05, 0.1) is 10.1 Å². The van der Waals surface area contributed by atoms with Gasteiger partial charge in [0, 0.05) is 40.6 Å². The lowest BCUT2D eigenvalue weighted by molar-refractivity contribution is 0.467. The SMILES string of the molecule is Cl.Nc1ncc(-c2ccc(-c3ccccc3S(=O)(=O)C3CCS(O)(O)CC3)cc2F)cn1. The lowest BCUT2D eigenvalue weighted by atomic mass is 10.0. The third kappa shape index (κ3) is 4.89. The van der Waals surface area contributed by atoms with E-state index >= 15 is 0 Å². The molecule has 32 heavy (non-hydrogen) atoms. The second-order valence-corrected chi connectivity index (χ2v) is 12.1. The number of rotatable bonds is 4. The molecule has 0 atom stereocenters. The van der Waals surface area contributed by atoms with Gasteiger partial charge in [-0.05, 0) is 30.5 Å². The average Bonchev–Trinajstić information content (AvgIpc) is 2.74. The first kappa shape index (κ1) is 24.4. The Morgan fingerprint density at radius 2 is 1.59 bits per heavy atom. The predicted molar refractivity (Wildman–Crippen MR) is 127 cm³/mol. The fraction of sp³-hybridized carbons (Fsp3) is 0.238. The van der Waals surface area contributed by atoms with E-state index in [1.54, 1.807) is 30.3 Å². The molecule has 1 aliphatic heterocycles.